The quantitative estimate of drug-likeness (QED) is 0.269. The third-order valence-corrected chi connectivity index (χ3v) is 4.44. The second kappa shape index (κ2) is 10.2. The molecule has 0 saturated carbocycles. The number of nitrogens with zero attached hydrogens (tertiary/aromatic N) is 1. The third kappa shape index (κ3) is 6.24. The highest BCUT2D eigenvalue weighted by atomic mass is 19.1. The van der Waals surface area contributed by atoms with Crippen LogP contribution in [-0.2, 0) is 4.79 Å². The molecule has 3 aromatic rings. The summed E-state index contributed by atoms with van der Waals surface area (Å²) < 4.78 is 24.2. The zero-order chi connectivity index (χ0) is 22.2. The molecule has 0 aliphatic heterocycles. The minimum atomic E-state index is -0.782. The summed E-state index contributed by atoms with van der Waals surface area (Å²) in [7, 11) is 0. The lowest BCUT2D eigenvalue weighted by Gasteiger charge is -2.07. The second-order valence-corrected chi connectivity index (χ2v) is 6.77. The average Bonchev–Trinajstić information content (AvgIpc) is 2.76. The number of rotatable bonds is 7. The number of ether oxygens (including phenoxy) is 2. The van der Waals surface area contributed by atoms with Gasteiger partial charge in [0.2, 0.25) is 0 Å². The van der Waals surface area contributed by atoms with E-state index >= 15 is 0 Å². The maximum Gasteiger partial charge on any atom is 0.346 e. The summed E-state index contributed by atoms with van der Waals surface area (Å²) >= 11 is 0. The van der Waals surface area contributed by atoms with Gasteiger partial charge in [-0.2, -0.15) is 5.10 Å². The van der Waals surface area contributed by atoms with Gasteiger partial charge in [-0.1, -0.05) is 18.2 Å². The molecule has 0 radical (unpaired) electrons. The summed E-state index contributed by atoms with van der Waals surface area (Å²) in [4.78, 5) is 23.9. The number of hydrogen-bond acceptors (Lipinski definition) is 5. The molecule has 31 heavy (non-hydrogen) atoms. The van der Waals surface area contributed by atoms with Gasteiger partial charge in [-0.25, -0.2) is 14.6 Å². The number of hydrazone groups is 1. The van der Waals surface area contributed by atoms with Crippen LogP contribution in [0.25, 0.3) is 0 Å². The number of carbonyl (C=O) groups excluding carboxylic acids is 2. The maximum absolute atomic E-state index is 13.6. The fourth-order valence-corrected chi connectivity index (χ4v) is 2.57. The topological polar surface area (TPSA) is 77.0 Å². The molecule has 0 unspecified atom stereocenters. The maximum atomic E-state index is 13.6. The average molecular weight is 420 g/mol. The molecule has 0 fully saturated rings. The number of hydrogen-bond donors (Lipinski definition) is 1. The van der Waals surface area contributed by atoms with Crippen molar-refractivity contribution in [1.29, 1.82) is 0 Å². The summed E-state index contributed by atoms with van der Waals surface area (Å²) in [5, 5.41) is 3.87. The van der Waals surface area contributed by atoms with Crippen molar-refractivity contribution >= 4 is 18.1 Å². The highest BCUT2D eigenvalue weighted by Crippen LogP contribution is 2.17. The number of carbonyl (C=O) groups is 2. The van der Waals surface area contributed by atoms with E-state index < -0.39 is 17.7 Å². The van der Waals surface area contributed by atoms with E-state index in [2.05, 4.69) is 10.5 Å². The molecule has 0 atom stereocenters. The summed E-state index contributed by atoms with van der Waals surface area (Å²) in [6.07, 6.45) is 1.44. The zero-order valence-electron chi connectivity index (χ0n) is 17.1. The van der Waals surface area contributed by atoms with Gasteiger partial charge >= 0.3 is 5.97 Å². The van der Waals surface area contributed by atoms with Gasteiger partial charge in [0.1, 0.15) is 17.3 Å². The van der Waals surface area contributed by atoms with Crippen molar-refractivity contribution in [2.45, 2.75) is 13.8 Å². The number of esters is 1. The number of halogens is 1. The fourth-order valence-electron chi connectivity index (χ4n) is 2.57. The van der Waals surface area contributed by atoms with Crippen molar-refractivity contribution in [3.63, 3.8) is 0 Å². The Morgan fingerprint density at radius 3 is 2.39 bits per heavy atom. The number of aryl methyl sites for hydroxylation is 2. The Morgan fingerprint density at radius 2 is 1.68 bits per heavy atom. The van der Waals surface area contributed by atoms with Crippen LogP contribution in [0.4, 0.5) is 4.39 Å². The fraction of sp³-hybridized carbons (Fsp3) is 0.125. The Balaban J connectivity index is 1.47. The molecule has 0 aromatic heterocycles. The summed E-state index contributed by atoms with van der Waals surface area (Å²) in [6.45, 7) is 3.81. The summed E-state index contributed by atoms with van der Waals surface area (Å²) in [5.74, 6) is -0.951. The lowest BCUT2D eigenvalue weighted by atomic mass is 10.1. The molecule has 1 N–H and O–H groups in total. The number of nitrogens with one attached hydrogen (secondary N) is 1. The standard InChI is InChI=1S/C24H21FN2O4/c1-16-7-10-20(13-17(16)2)30-15-23(28)27-26-14-18-8-11-19(12-9-18)31-24(29)21-5-3-4-6-22(21)25/h3-14H,15H2,1-2H3,(H,27,28)/b26-14+. The molecule has 0 bridgehead atoms. The first-order valence-electron chi connectivity index (χ1n) is 9.51. The Labute approximate surface area is 179 Å². The molecule has 0 aliphatic rings. The molecule has 3 aromatic carbocycles. The summed E-state index contributed by atoms with van der Waals surface area (Å²) in [6, 6.07) is 17.6. The first-order chi connectivity index (χ1) is 14.9. The van der Waals surface area contributed by atoms with Gasteiger partial charge < -0.3 is 9.47 Å². The Morgan fingerprint density at radius 1 is 0.968 bits per heavy atom. The van der Waals surface area contributed by atoms with E-state index in [9.17, 15) is 14.0 Å². The van der Waals surface area contributed by atoms with E-state index in [0.717, 1.165) is 11.1 Å². The third-order valence-electron chi connectivity index (χ3n) is 4.44. The van der Waals surface area contributed by atoms with Crippen LogP contribution in [0.2, 0.25) is 0 Å². The molecule has 158 valence electrons. The van der Waals surface area contributed by atoms with Crippen LogP contribution in [0.3, 0.4) is 0 Å². The molecule has 1 amide bonds. The molecule has 6 nitrogen and oxygen atoms in total. The van der Waals surface area contributed by atoms with Gasteiger partial charge in [0, 0.05) is 0 Å². The van der Waals surface area contributed by atoms with E-state index in [0.29, 0.717) is 11.3 Å². The first-order valence-corrected chi connectivity index (χ1v) is 9.51. The van der Waals surface area contributed by atoms with Crippen molar-refractivity contribution < 1.29 is 23.5 Å². The minimum Gasteiger partial charge on any atom is -0.484 e. The van der Waals surface area contributed by atoms with Crippen LogP contribution in [-0.4, -0.2) is 24.7 Å². The van der Waals surface area contributed by atoms with E-state index in [1.54, 1.807) is 36.4 Å². The zero-order valence-corrected chi connectivity index (χ0v) is 17.1. The molecule has 0 heterocycles. The predicted octanol–water partition coefficient (Wildman–Crippen LogP) is 4.19. The molecular weight excluding hydrogens is 399 g/mol. The highest BCUT2D eigenvalue weighted by molar-refractivity contribution is 5.91. The Bertz CT molecular complexity index is 1110. The van der Waals surface area contributed by atoms with Crippen molar-refractivity contribution in [2.75, 3.05) is 6.61 Å². The molecule has 3 rings (SSSR count). The number of benzene rings is 3. The van der Waals surface area contributed by atoms with Crippen molar-refractivity contribution in [3.05, 3.63) is 94.8 Å². The SMILES string of the molecule is Cc1ccc(OCC(=O)N/N=C/c2ccc(OC(=O)c3ccccc3F)cc2)cc1C. The minimum absolute atomic E-state index is 0.140. The van der Waals surface area contributed by atoms with Crippen LogP contribution in [0, 0.1) is 19.7 Å². The van der Waals surface area contributed by atoms with Gasteiger partial charge in [-0.05, 0) is 79.1 Å². The smallest absolute Gasteiger partial charge is 0.346 e. The van der Waals surface area contributed by atoms with E-state index in [1.165, 1.54) is 24.4 Å². The molecular formula is C24H21FN2O4. The molecule has 0 saturated heterocycles. The van der Waals surface area contributed by atoms with Gasteiger partial charge in [0.25, 0.3) is 5.91 Å². The monoisotopic (exact) mass is 420 g/mol. The van der Waals surface area contributed by atoms with Crippen LogP contribution >= 0.6 is 0 Å². The summed E-state index contributed by atoms with van der Waals surface area (Å²) in [5.41, 5.74) is 5.14. The van der Waals surface area contributed by atoms with Crippen LogP contribution in [0.15, 0.2) is 71.8 Å². The normalized spacial score (nSPS) is 10.7. The van der Waals surface area contributed by atoms with E-state index in [-0.39, 0.29) is 17.9 Å². The van der Waals surface area contributed by atoms with Gasteiger partial charge in [-0.3, -0.25) is 4.79 Å². The van der Waals surface area contributed by atoms with Gasteiger partial charge in [0.15, 0.2) is 6.61 Å². The second-order valence-electron chi connectivity index (χ2n) is 6.77. The van der Waals surface area contributed by atoms with Crippen LogP contribution in [0.1, 0.15) is 27.0 Å². The van der Waals surface area contributed by atoms with Crippen LogP contribution < -0.4 is 14.9 Å². The number of amides is 1. The van der Waals surface area contributed by atoms with E-state index in [4.69, 9.17) is 9.47 Å². The predicted molar refractivity (Wildman–Crippen MR) is 115 cm³/mol. The first kappa shape index (κ1) is 21.7. The molecule has 0 aliphatic carbocycles. The van der Waals surface area contributed by atoms with Crippen LogP contribution in [0.5, 0.6) is 11.5 Å². The highest BCUT2D eigenvalue weighted by Gasteiger charge is 2.13. The van der Waals surface area contributed by atoms with Crippen molar-refractivity contribution in [2.24, 2.45) is 5.10 Å². The van der Waals surface area contributed by atoms with Crippen molar-refractivity contribution in [3.8, 4) is 11.5 Å². The van der Waals surface area contributed by atoms with Crippen molar-refractivity contribution in [1.82, 2.24) is 5.43 Å². The lowest BCUT2D eigenvalue weighted by molar-refractivity contribution is -0.123. The molecule has 0 spiro atoms. The Kier molecular flexibility index (Phi) is 7.11. The van der Waals surface area contributed by atoms with E-state index in [1.807, 2.05) is 26.0 Å². The van der Waals surface area contributed by atoms with Gasteiger partial charge in [0.05, 0.1) is 11.8 Å². The largest absolute Gasteiger partial charge is 0.484 e. The lowest BCUT2D eigenvalue weighted by Crippen LogP contribution is -2.24. The van der Waals surface area contributed by atoms with Gasteiger partial charge in [-0.15, -0.1) is 0 Å². The molecule has 7 heteroatoms. The Hall–Kier alpha value is -4.00.